The molecule has 1 aromatic carbocycles. The van der Waals surface area contributed by atoms with Crippen LogP contribution in [0.3, 0.4) is 0 Å². The van der Waals surface area contributed by atoms with Gasteiger partial charge in [-0.3, -0.25) is 4.90 Å². The Morgan fingerprint density at radius 3 is 2.90 bits per heavy atom. The van der Waals surface area contributed by atoms with Crippen molar-refractivity contribution in [2.45, 2.75) is 39.3 Å². The van der Waals surface area contributed by atoms with E-state index in [1.165, 1.54) is 12.8 Å². The standard InChI is InChI=1S/C16H25N3O2/c1-11(2)14-5-4-8-19(14)10-13-9-12(16(17)18-20)6-7-15(13)21-3/h6-7,9,11,14,20H,4-5,8,10H2,1-3H3,(H2,17,18). The van der Waals surface area contributed by atoms with Gasteiger partial charge in [0.05, 0.1) is 7.11 Å². The van der Waals surface area contributed by atoms with Crippen molar-refractivity contribution < 1.29 is 9.94 Å². The number of ether oxygens (including phenoxy) is 1. The van der Waals surface area contributed by atoms with Crippen LogP contribution in [0.5, 0.6) is 5.75 Å². The summed E-state index contributed by atoms with van der Waals surface area (Å²) in [6.07, 6.45) is 2.49. The lowest BCUT2D eigenvalue weighted by Crippen LogP contribution is -2.33. The van der Waals surface area contributed by atoms with E-state index < -0.39 is 0 Å². The first kappa shape index (κ1) is 15.6. The average molecular weight is 291 g/mol. The highest BCUT2D eigenvalue weighted by molar-refractivity contribution is 5.97. The second-order valence-electron chi connectivity index (χ2n) is 5.94. The fraction of sp³-hybridized carbons (Fsp3) is 0.562. The molecule has 0 aromatic heterocycles. The summed E-state index contributed by atoms with van der Waals surface area (Å²) in [6.45, 7) is 6.48. The molecule has 1 saturated heterocycles. The van der Waals surface area contributed by atoms with Gasteiger partial charge in [-0.25, -0.2) is 0 Å². The molecule has 0 saturated carbocycles. The van der Waals surface area contributed by atoms with E-state index >= 15 is 0 Å². The molecule has 1 unspecified atom stereocenters. The van der Waals surface area contributed by atoms with Crippen LogP contribution >= 0.6 is 0 Å². The zero-order chi connectivity index (χ0) is 15.4. The summed E-state index contributed by atoms with van der Waals surface area (Å²) in [4.78, 5) is 2.50. The molecule has 5 heteroatoms. The lowest BCUT2D eigenvalue weighted by Gasteiger charge is -2.28. The highest BCUT2D eigenvalue weighted by Crippen LogP contribution is 2.29. The van der Waals surface area contributed by atoms with Gasteiger partial charge in [-0.05, 0) is 43.5 Å². The van der Waals surface area contributed by atoms with Crippen LogP contribution in [-0.2, 0) is 6.54 Å². The first-order valence-electron chi connectivity index (χ1n) is 7.45. The third-order valence-electron chi connectivity index (χ3n) is 4.24. The molecule has 1 aliphatic heterocycles. The number of nitrogens with zero attached hydrogens (tertiary/aromatic N) is 2. The average Bonchev–Trinajstić information content (AvgIpc) is 2.94. The molecular formula is C16H25N3O2. The third-order valence-corrected chi connectivity index (χ3v) is 4.24. The number of hydrogen-bond acceptors (Lipinski definition) is 4. The smallest absolute Gasteiger partial charge is 0.170 e. The van der Waals surface area contributed by atoms with Crippen molar-refractivity contribution in [1.29, 1.82) is 0 Å². The maximum Gasteiger partial charge on any atom is 0.170 e. The van der Waals surface area contributed by atoms with Crippen molar-refractivity contribution in [3.8, 4) is 5.75 Å². The monoisotopic (exact) mass is 291 g/mol. The Kier molecular flexibility index (Phi) is 5.07. The van der Waals surface area contributed by atoms with Crippen molar-refractivity contribution in [1.82, 2.24) is 4.90 Å². The van der Waals surface area contributed by atoms with Crippen molar-refractivity contribution in [3.05, 3.63) is 29.3 Å². The fourth-order valence-electron chi connectivity index (χ4n) is 3.14. The van der Waals surface area contributed by atoms with E-state index in [0.717, 1.165) is 24.4 Å². The number of nitrogens with two attached hydrogens (primary N) is 1. The van der Waals surface area contributed by atoms with Crippen LogP contribution in [0.15, 0.2) is 23.4 Å². The SMILES string of the molecule is COc1ccc(/C(N)=N/O)cc1CN1CCCC1C(C)C. The molecule has 2 rings (SSSR count). The second-order valence-corrected chi connectivity index (χ2v) is 5.94. The fourth-order valence-corrected chi connectivity index (χ4v) is 3.14. The summed E-state index contributed by atoms with van der Waals surface area (Å²) in [6, 6.07) is 6.25. The first-order chi connectivity index (χ1) is 10.1. The summed E-state index contributed by atoms with van der Waals surface area (Å²) in [7, 11) is 1.67. The summed E-state index contributed by atoms with van der Waals surface area (Å²) in [5, 5.41) is 11.9. The molecule has 116 valence electrons. The van der Waals surface area contributed by atoms with Crippen molar-refractivity contribution in [2.75, 3.05) is 13.7 Å². The van der Waals surface area contributed by atoms with Gasteiger partial charge in [0.1, 0.15) is 5.75 Å². The van der Waals surface area contributed by atoms with Gasteiger partial charge in [-0.15, -0.1) is 0 Å². The molecule has 1 fully saturated rings. The molecule has 1 atom stereocenters. The van der Waals surface area contributed by atoms with Gasteiger partial charge in [0.25, 0.3) is 0 Å². The molecule has 0 amide bonds. The molecule has 0 radical (unpaired) electrons. The Morgan fingerprint density at radius 1 is 1.52 bits per heavy atom. The van der Waals surface area contributed by atoms with Crippen molar-refractivity contribution >= 4 is 5.84 Å². The molecule has 1 aliphatic rings. The number of amidine groups is 1. The number of oxime groups is 1. The summed E-state index contributed by atoms with van der Waals surface area (Å²) in [5.74, 6) is 1.62. The van der Waals surface area contributed by atoms with E-state index in [1.54, 1.807) is 13.2 Å². The van der Waals surface area contributed by atoms with Crippen LogP contribution < -0.4 is 10.5 Å². The minimum absolute atomic E-state index is 0.126. The zero-order valence-corrected chi connectivity index (χ0v) is 13.0. The molecule has 5 nitrogen and oxygen atoms in total. The van der Waals surface area contributed by atoms with Crippen LogP contribution in [0.25, 0.3) is 0 Å². The molecule has 0 bridgehead atoms. The number of likely N-dealkylation sites (tertiary alicyclic amines) is 1. The predicted octanol–water partition coefficient (Wildman–Crippen LogP) is 2.41. The lowest BCUT2D eigenvalue weighted by atomic mass is 10.0. The van der Waals surface area contributed by atoms with Gasteiger partial charge in [0.2, 0.25) is 0 Å². The van der Waals surface area contributed by atoms with Crippen LogP contribution in [0, 0.1) is 5.92 Å². The van der Waals surface area contributed by atoms with E-state index in [2.05, 4.69) is 23.9 Å². The van der Waals surface area contributed by atoms with E-state index in [4.69, 9.17) is 15.7 Å². The normalized spacial score (nSPS) is 20.2. The number of rotatable bonds is 5. The molecule has 1 aromatic rings. The summed E-state index contributed by atoms with van der Waals surface area (Å²) < 4.78 is 5.45. The third kappa shape index (κ3) is 3.47. The number of methoxy groups -OCH3 is 1. The summed E-state index contributed by atoms with van der Waals surface area (Å²) >= 11 is 0. The minimum atomic E-state index is 0.126. The second kappa shape index (κ2) is 6.80. The Bertz CT molecular complexity index is 514. The maximum absolute atomic E-state index is 8.83. The van der Waals surface area contributed by atoms with Crippen LogP contribution in [0.1, 0.15) is 37.8 Å². The Hall–Kier alpha value is -1.75. The van der Waals surface area contributed by atoms with Crippen LogP contribution in [-0.4, -0.2) is 35.6 Å². The van der Waals surface area contributed by atoms with Gasteiger partial charge in [0, 0.05) is 23.7 Å². The van der Waals surface area contributed by atoms with Gasteiger partial charge in [-0.1, -0.05) is 19.0 Å². The minimum Gasteiger partial charge on any atom is -0.496 e. The molecule has 1 heterocycles. The number of benzene rings is 1. The van der Waals surface area contributed by atoms with Crippen LogP contribution in [0.2, 0.25) is 0 Å². The maximum atomic E-state index is 8.83. The predicted molar refractivity (Wildman–Crippen MR) is 83.8 cm³/mol. The van der Waals surface area contributed by atoms with Gasteiger partial charge in [0.15, 0.2) is 5.84 Å². The molecule has 0 aliphatic carbocycles. The van der Waals surface area contributed by atoms with Gasteiger partial charge in [-0.2, -0.15) is 0 Å². The Labute approximate surface area is 126 Å². The van der Waals surface area contributed by atoms with E-state index in [9.17, 15) is 0 Å². The molecule has 0 spiro atoms. The number of hydrogen-bond donors (Lipinski definition) is 2. The molecule has 3 N–H and O–H groups in total. The van der Waals surface area contributed by atoms with E-state index in [0.29, 0.717) is 17.5 Å². The lowest BCUT2D eigenvalue weighted by molar-refractivity contribution is 0.196. The Balaban J connectivity index is 2.25. The largest absolute Gasteiger partial charge is 0.496 e. The van der Waals surface area contributed by atoms with Crippen LogP contribution in [0.4, 0.5) is 0 Å². The summed E-state index contributed by atoms with van der Waals surface area (Å²) in [5.41, 5.74) is 7.48. The Morgan fingerprint density at radius 2 is 2.29 bits per heavy atom. The molecular weight excluding hydrogens is 266 g/mol. The first-order valence-corrected chi connectivity index (χ1v) is 7.45. The highest BCUT2D eigenvalue weighted by Gasteiger charge is 2.27. The highest BCUT2D eigenvalue weighted by atomic mass is 16.5. The van der Waals surface area contributed by atoms with Gasteiger partial charge < -0.3 is 15.7 Å². The van der Waals surface area contributed by atoms with Crippen molar-refractivity contribution in [3.63, 3.8) is 0 Å². The zero-order valence-electron chi connectivity index (χ0n) is 13.0. The molecule has 21 heavy (non-hydrogen) atoms. The van der Waals surface area contributed by atoms with E-state index in [1.807, 2.05) is 12.1 Å². The van der Waals surface area contributed by atoms with E-state index in [-0.39, 0.29) is 5.84 Å². The van der Waals surface area contributed by atoms with Gasteiger partial charge >= 0.3 is 0 Å². The van der Waals surface area contributed by atoms with Crippen molar-refractivity contribution in [2.24, 2.45) is 16.8 Å². The quantitative estimate of drug-likeness (QED) is 0.378. The topological polar surface area (TPSA) is 71.1 Å².